The van der Waals surface area contributed by atoms with Gasteiger partial charge < -0.3 is 9.64 Å². The molecule has 0 amide bonds. The van der Waals surface area contributed by atoms with Gasteiger partial charge in [0.1, 0.15) is 29.1 Å². The van der Waals surface area contributed by atoms with Crippen molar-refractivity contribution >= 4 is 28.3 Å². The molecule has 5 rings (SSSR count). The number of halogens is 2. The van der Waals surface area contributed by atoms with Crippen LogP contribution in [0.2, 0.25) is 5.02 Å². The number of aryl methyl sites for hydroxylation is 2. The summed E-state index contributed by atoms with van der Waals surface area (Å²) >= 11 is 5.90. The minimum Gasteiger partial charge on any atom is -0.370 e. The number of fused-ring (bicyclic) bond motifs is 1. The third-order valence-electron chi connectivity index (χ3n) is 5.79. The van der Waals surface area contributed by atoms with Gasteiger partial charge in [0.2, 0.25) is 0 Å². The molecule has 33 heavy (non-hydrogen) atoms. The first-order valence-electron chi connectivity index (χ1n) is 10.4. The first-order valence-corrected chi connectivity index (χ1v) is 10.7. The van der Waals surface area contributed by atoms with Crippen molar-refractivity contribution in [2.75, 3.05) is 24.6 Å². The average molecular weight is 470 g/mol. The standard InChI is InChI=1S/C22H21ClFN7O2/c1-12-27-16-7-18(31-4-5-33-17(11-31)13-8-26-29(2)10-13)28-21(19(16)22(32)30(12)3)20-15(24)6-14(23)9-25-20/h6-10,17H,4-5,11H2,1-3H3/t17-/m1/s1. The second-order valence-electron chi connectivity index (χ2n) is 7.98. The van der Waals surface area contributed by atoms with Gasteiger partial charge in [-0.15, -0.1) is 0 Å². The summed E-state index contributed by atoms with van der Waals surface area (Å²) < 4.78 is 23.9. The molecule has 170 valence electrons. The molecular weight excluding hydrogens is 449 g/mol. The third kappa shape index (κ3) is 3.85. The van der Waals surface area contributed by atoms with E-state index in [1.54, 1.807) is 30.9 Å². The van der Waals surface area contributed by atoms with E-state index in [0.717, 1.165) is 11.6 Å². The first-order chi connectivity index (χ1) is 15.8. The Balaban J connectivity index is 1.67. The lowest BCUT2D eigenvalue weighted by molar-refractivity contribution is 0.0395. The number of ether oxygens (including phenoxy) is 1. The minimum absolute atomic E-state index is 0.0499. The molecule has 0 radical (unpaired) electrons. The fourth-order valence-electron chi connectivity index (χ4n) is 3.97. The number of pyridine rings is 2. The van der Waals surface area contributed by atoms with E-state index in [9.17, 15) is 9.18 Å². The Hall–Kier alpha value is -3.37. The van der Waals surface area contributed by atoms with Gasteiger partial charge in [-0.2, -0.15) is 5.10 Å². The highest BCUT2D eigenvalue weighted by Crippen LogP contribution is 2.31. The van der Waals surface area contributed by atoms with Gasteiger partial charge in [0.15, 0.2) is 5.82 Å². The van der Waals surface area contributed by atoms with Gasteiger partial charge in [0.25, 0.3) is 5.56 Å². The van der Waals surface area contributed by atoms with Crippen LogP contribution >= 0.6 is 11.6 Å². The quantitative estimate of drug-likeness (QED) is 0.455. The van der Waals surface area contributed by atoms with Gasteiger partial charge in [0, 0.05) is 51.2 Å². The van der Waals surface area contributed by atoms with Crippen LogP contribution in [0.1, 0.15) is 17.5 Å². The first kappa shape index (κ1) is 21.5. The molecule has 0 N–H and O–H groups in total. The van der Waals surface area contributed by atoms with Crippen LogP contribution in [-0.2, 0) is 18.8 Å². The Morgan fingerprint density at radius 1 is 1.18 bits per heavy atom. The smallest absolute Gasteiger partial charge is 0.263 e. The molecule has 0 spiro atoms. The Morgan fingerprint density at radius 2 is 2.00 bits per heavy atom. The predicted octanol–water partition coefficient (Wildman–Crippen LogP) is 2.80. The number of hydrogen-bond acceptors (Lipinski definition) is 7. The summed E-state index contributed by atoms with van der Waals surface area (Å²) in [6.45, 7) is 3.32. The molecule has 1 fully saturated rings. The molecular formula is C22H21ClFN7O2. The van der Waals surface area contributed by atoms with Crippen molar-refractivity contribution in [2.45, 2.75) is 13.0 Å². The summed E-state index contributed by atoms with van der Waals surface area (Å²) in [5.41, 5.74) is 1.14. The van der Waals surface area contributed by atoms with E-state index < -0.39 is 5.82 Å². The molecule has 0 unspecified atom stereocenters. The summed E-state index contributed by atoms with van der Waals surface area (Å²) in [7, 11) is 3.47. The molecule has 0 bridgehead atoms. The van der Waals surface area contributed by atoms with E-state index in [0.29, 0.717) is 36.9 Å². The van der Waals surface area contributed by atoms with E-state index in [1.165, 1.54) is 10.8 Å². The van der Waals surface area contributed by atoms with E-state index in [2.05, 4.69) is 15.1 Å². The topological polar surface area (TPSA) is 91.0 Å². The summed E-state index contributed by atoms with van der Waals surface area (Å²) in [6.07, 6.45) is 4.82. The Morgan fingerprint density at radius 3 is 2.73 bits per heavy atom. The number of rotatable bonds is 3. The Kier molecular flexibility index (Phi) is 5.34. The van der Waals surface area contributed by atoms with Crippen LogP contribution in [0.3, 0.4) is 0 Å². The SMILES string of the molecule is Cc1nc2cc(N3CCO[C@@H](c4cnn(C)c4)C3)nc(-c3ncc(Cl)cc3F)c2c(=O)n1C. The number of anilines is 1. The molecule has 1 aliphatic heterocycles. The fraction of sp³-hybridized carbons (Fsp3) is 0.318. The van der Waals surface area contributed by atoms with Crippen LogP contribution in [0.15, 0.2) is 35.5 Å². The van der Waals surface area contributed by atoms with Crippen LogP contribution in [0.5, 0.6) is 0 Å². The number of hydrogen-bond donors (Lipinski definition) is 0. The van der Waals surface area contributed by atoms with Crippen molar-refractivity contribution in [3.63, 3.8) is 0 Å². The van der Waals surface area contributed by atoms with Crippen molar-refractivity contribution in [2.24, 2.45) is 14.1 Å². The lowest BCUT2D eigenvalue weighted by Gasteiger charge is -2.33. The van der Waals surface area contributed by atoms with E-state index >= 15 is 0 Å². The normalized spacial score (nSPS) is 16.5. The largest absolute Gasteiger partial charge is 0.370 e. The highest BCUT2D eigenvalue weighted by Gasteiger charge is 2.26. The fourth-order valence-corrected chi connectivity index (χ4v) is 4.11. The number of morpholine rings is 1. The second-order valence-corrected chi connectivity index (χ2v) is 8.42. The highest BCUT2D eigenvalue weighted by atomic mass is 35.5. The zero-order valence-electron chi connectivity index (χ0n) is 18.3. The summed E-state index contributed by atoms with van der Waals surface area (Å²) in [5.74, 6) is 0.438. The molecule has 4 aromatic heterocycles. The van der Waals surface area contributed by atoms with Gasteiger partial charge in [-0.25, -0.2) is 19.3 Å². The molecule has 1 saturated heterocycles. The van der Waals surface area contributed by atoms with Gasteiger partial charge in [-0.3, -0.25) is 14.0 Å². The summed E-state index contributed by atoms with van der Waals surface area (Å²) in [5, 5.41) is 4.59. The minimum atomic E-state index is -0.661. The van der Waals surface area contributed by atoms with Gasteiger partial charge >= 0.3 is 0 Å². The molecule has 9 nitrogen and oxygen atoms in total. The monoisotopic (exact) mass is 469 g/mol. The molecule has 1 atom stereocenters. The van der Waals surface area contributed by atoms with Crippen LogP contribution in [0, 0.1) is 12.7 Å². The maximum absolute atomic E-state index is 14.9. The lowest BCUT2D eigenvalue weighted by Crippen LogP contribution is -2.39. The van der Waals surface area contributed by atoms with Crippen LogP contribution < -0.4 is 10.5 Å². The van der Waals surface area contributed by atoms with Crippen molar-refractivity contribution in [1.29, 1.82) is 0 Å². The van der Waals surface area contributed by atoms with Gasteiger partial charge in [-0.1, -0.05) is 11.6 Å². The van der Waals surface area contributed by atoms with E-state index in [1.807, 2.05) is 18.1 Å². The van der Waals surface area contributed by atoms with E-state index in [-0.39, 0.29) is 33.5 Å². The average Bonchev–Trinajstić information content (AvgIpc) is 3.23. The van der Waals surface area contributed by atoms with Crippen molar-refractivity contribution in [1.82, 2.24) is 29.3 Å². The molecule has 0 aromatic carbocycles. The maximum Gasteiger partial charge on any atom is 0.263 e. The van der Waals surface area contributed by atoms with Gasteiger partial charge in [-0.05, 0) is 13.0 Å². The van der Waals surface area contributed by atoms with Crippen LogP contribution in [0.25, 0.3) is 22.3 Å². The predicted molar refractivity (Wildman–Crippen MR) is 122 cm³/mol. The zero-order chi connectivity index (χ0) is 23.3. The summed E-state index contributed by atoms with van der Waals surface area (Å²) in [6, 6.07) is 2.91. The number of aromatic nitrogens is 6. The molecule has 1 aliphatic rings. The van der Waals surface area contributed by atoms with Gasteiger partial charge in [0.05, 0.1) is 28.7 Å². The van der Waals surface area contributed by atoms with Crippen LogP contribution in [-0.4, -0.2) is 49.0 Å². The molecule has 5 heterocycles. The Bertz CT molecular complexity index is 1430. The van der Waals surface area contributed by atoms with Crippen molar-refractivity contribution < 1.29 is 9.13 Å². The lowest BCUT2D eigenvalue weighted by atomic mass is 10.1. The summed E-state index contributed by atoms with van der Waals surface area (Å²) in [4.78, 5) is 28.6. The third-order valence-corrected chi connectivity index (χ3v) is 6.00. The molecule has 0 aliphatic carbocycles. The van der Waals surface area contributed by atoms with Crippen molar-refractivity contribution in [3.05, 3.63) is 63.3 Å². The molecule has 0 saturated carbocycles. The van der Waals surface area contributed by atoms with E-state index in [4.69, 9.17) is 21.3 Å². The maximum atomic E-state index is 14.9. The van der Waals surface area contributed by atoms with Crippen molar-refractivity contribution in [3.8, 4) is 11.4 Å². The molecule has 11 heteroatoms. The number of nitrogens with zero attached hydrogens (tertiary/aromatic N) is 7. The van der Waals surface area contributed by atoms with Crippen LogP contribution in [0.4, 0.5) is 10.2 Å². The second kappa shape index (κ2) is 8.20. The molecule has 4 aromatic rings. The zero-order valence-corrected chi connectivity index (χ0v) is 19.0. The Labute approximate surface area is 193 Å². The highest BCUT2D eigenvalue weighted by molar-refractivity contribution is 6.30.